The highest BCUT2D eigenvalue weighted by Crippen LogP contribution is 2.34. The van der Waals surface area contributed by atoms with Crippen LogP contribution in [0.2, 0.25) is 0 Å². The van der Waals surface area contributed by atoms with Crippen LogP contribution >= 0.6 is 0 Å². The predicted octanol–water partition coefficient (Wildman–Crippen LogP) is 1.38. The molecule has 0 saturated carbocycles. The van der Waals surface area contributed by atoms with Gasteiger partial charge in [-0.2, -0.15) is 0 Å². The van der Waals surface area contributed by atoms with Gasteiger partial charge in [-0.25, -0.2) is 0 Å². The minimum Gasteiger partial charge on any atom is -0.472 e. The molecule has 1 aromatic carbocycles. The first kappa shape index (κ1) is 13.0. The first-order chi connectivity index (χ1) is 10.2. The molecule has 0 unspecified atom stereocenters. The van der Waals surface area contributed by atoms with Crippen molar-refractivity contribution in [2.75, 3.05) is 18.7 Å². The molecule has 1 aliphatic heterocycles. The van der Waals surface area contributed by atoms with Crippen LogP contribution in [0.4, 0.5) is 5.69 Å². The van der Waals surface area contributed by atoms with E-state index in [2.05, 4.69) is 10.6 Å². The average Bonchev–Trinajstić information content (AvgIpc) is 3.15. The van der Waals surface area contributed by atoms with Crippen molar-refractivity contribution in [2.45, 2.75) is 0 Å². The van der Waals surface area contributed by atoms with Gasteiger partial charge in [0.15, 0.2) is 11.5 Å². The van der Waals surface area contributed by atoms with Crippen LogP contribution in [0.5, 0.6) is 11.5 Å². The van der Waals surface area contributed by atoms with Gasteiger partial charge in [-0.1, -0.05) is 0 Å². The van der Waals surface area contributed by atoms with Crippen LogP contribution in [0, 0.1) is 0 Å². The van der Waals surface area contributed by atoms with Crippen molar-refractivity contribution in [1.82, 2.24) is 5.32 Å². The second-order valence-electron chi connectivity index (χ2n) is 4.31. The van der Waals surface area contributed by atoms with Gasteiger partial charge in [0, 0.05) is 11.8 Å². The first-order valence-electron chi connectivity index (χ1n) is 6.22. The Morgan fingerprint density at radius 2 is 2.00 bits per heavy atom. The molecule has 2 amide bonds. The fourth-order valence-corrected chi connectivity index (χ4v) is 1.84. The molecule has 0 bridgehead atoms. The molecule has 2 aromatic rings. The Balaban J connectivity index is 1.53. The highest BCUT2D eigenvalue weighted by Gasteiger charge is 2.14. The Hall–Kier alpha value is -2.96. The molecule has 1 aromatic heterocycles. The number of carbonyl (C=O) groups is 2. The summed E-state index contributed by atoms with van der Waals surface area (Å²) in [6.07, 6.45) is 2.70. The number of nitrogens with one attached hydrogen (secondary N) is 2. The van der Waals surface area contributed by atoms with Crippen LogP contribution in [0.1, 0.15) is 10.4 Å². The highest BCUT2D eigenvalue weighted by molar-refractivity contribution is 5.99. The SMILES string of the molecule is O=C(CNC(=O)c1ccoc1)Nc1ccc2c(c1)OCO2. The van der Waals surface area contributed by atoms with E-state index in [1.807, 2.05) is 0 Å². The molecule has 7 heteroatoms. The monoisotopic (exact) mass is 288 g/mol. The maximum absolute atomic E-state index is 11.8. The van der Waals surface area contributed by atoms with Crippen LogP contribution in [0.3, 0.4) is 0 Å². The summed E-state index contributed by atoms with van der Waals surface area (Å²) >= 11 is 0. The summed E-state index contributed by atoms with van der Waals surface area (Å²) in [5.41, 5.74) is 0.938. The number of hydrogen-bond donors (Lipinski definition) is 2. The van der Waals surface area contributed by atoms with Crippen molar-refractivity contribution < 1.29 is 23.5 Å². The lowest BCUT2D eigenvalue weighted by Gasteiger charge is -2.07. The summed E-state index contributed by atoms with van der Waals surface area (Å²) < 4.78 is 15.2. The number of benzene rings is 1. The summed E-state index contributed by atoms with van der Waals surface area (Å²) in [4.78, 5) is 23.4. The number of hydrogen-bond acceptors (Lipinski definition) is 5. The molecule has 108 valence electrons. The second-order valence-corrected chi connectivity index (χ2v) is 4.31. The number of furan rings is 1. The minimum atomic E-state index is -0.371. The number of carbonyl (C=O) groups excluding carboxylic acids is 2. The highest BCUT2D eigenvalue weighted by atomic mass is 16.7. The predicted molar refractivity (Wildman–Crippen MR) is 72.2 cm³/mol. The van der Waals surface area contributed by atoms with Crippen molar-refractivity contribution in [3.63, 3.8) is 0 Å². The van der Waals surface area contributed by atoms with Crippen molar-refractivity contribution in [3.05, 3.63) is 42.4 Å². The zero-order valence-corrected chi connectivity index (χ0v) is 10.9. The first-order valence-corrected chi connectivity index (χ1v) is 6.22. The normalized spacial score (nSPS) is 12.0. The van der Waals surface area contributed by atoms with Gasteiger partial charge in [0.25, 0.3) is 5.91 Å². The molecule has 2 N–H and O–H groups in total. The van der Waals surface area contributed by atoms with Crippen LogP contribution in [0.15, 0.2) is 41.2 Å². The lowest BCUT2D eigenvalue weighted by molar-refractivity contribution is -0.115. The van der Waals surface area contributed by atoms with Crippen molar-refractivity contribution in [3.8, 4) is 11.5 Å². The molecule has 0 spiro atoms. The molecule has 2 heterocycles. The third-order valence-corrected chi connectivity index (χ3v) is 2.85. The van der Waals surface area contributed by atoms with Crippen LogP contribution in [-0.4, -0.2) is 25.2 Å². The van der Waals surface area contributed by atoms with Crippen LogP contribution in [-0.2, 0) is 4.79 Å². The van der Waals surface area contributed by atoms with Gasteiger partial charge in [-0.15, -0.1) is 0 Å². The lowest BCUT2D eigenvalue weighted by Crippen LogP contribution is -2.32. The van der Waals surface area contributed by atoms with E-state index in [0.29, 0.717) is 22.7 Å². The average molecular weight is 288 g/mol. The molecule has 0 saturated heterocycles. The van der Waals surface area contributed by atoms with Crippen LogP contribution < -0.4 is 20.1 Å². The molecule has 0 atom stereocenters. The summed E-state index contributed by atoms with van der Waals surface area (Å²) in [5, 5.41) is 5.15. The minimum absolute atomic E-state index is 0.140. The van der Waals surface area contributed by atoms with Crippen LogP contribution in [0.25, 0.3) is 0 Å². The number of ether oxygens (including phenoxy) is 2. The Morgan fingerprint density at radius 3 is 2.81 bits per heavy atom. The number of rotatable bonds is 4. The molecule has 3 rings (SSSR count). The molecular formula is C14H12N2O5. The molecule has 1 aliphatic rings. The zero-order chi connectivity index (χ0) is 14.7. The topological polar surface area (TPSA) is 89.8 Å². The maximum atomic E-state index is 11.8. The summed E-state index contributed by atoms with van der Waals surface area (Å²) in [6, 6.07) is 6.59. The van der Waals surface area contributed by atoms with Gasteiger partial charge in [0.05, 0.1) is 18.4 Å². The zero-order valence-electron chi connectivity index (χ0n) is 10.9. The number of fused-ring (bicyclic) bond motifs is 1. The molecule has 0 aliphatic carbocycles. The summed E-state index contributed by atoms with van der Waals surface area (Å²) in [6.45, 7) is 0.0337. The van der Waals surface area contributed by atoms with Gasteiger partial charge in [0.2, 0.25) is 12.7 Å². The van der Waals surface area contributed by atoms with E-state index in [4.69, 9.17) is 13.9 Å². The Bertz CT molecular complexity index is 666. The largest absolute Gasteiger partial charge is 0.472 e. The molecule has 21 heavy (non-hydrogen) atoms. The van der Waals surface area contributed by atoms with Gasteiger partial charge < -0.3 is 24.5 Å². The Labute approximate surface area is 119 Å². The second kappa shape index (κ2) is 5.58. The quantitative estimate of drug-likeness (QED) is 0.887. The molecule has 7 nitrogen and oxygen atoms in total. The molecular weight excluding hydrogens is 276 g/mol. The third kappa shape index (κ3) is 2.97. The maximum Gasteiger partial charge on any atom is 0.254 e. The third-order valence-electron chi connectivity index (χ3n) is 2.85. The van der Waals surface area contributed by atoms with E-state index in [9.17, 15) is 9.59 Å². The van der Waals surface area contributed by atoms with Crippen molar-refractivity contribution in [2.24, 2.45) is 0 Å². The van der Waals surface area contributed by atoms with E-state index >= 15 is 0 Å². The lowest BCUT2D eigenvalue weighted by atomic mass is 10.2. The van der Waals surface area contributed by atoms with E-state index in [1.165, 1.54) is 18.6 Å². The fourth-order valence-electron chi connectivity index (χ4n) is 1.84. The Kier molecular flexibility index (Phi) is 3.46. The van der Waals surface area contributed by atoms with Crippen molar-refractivity contribution in [1.29, 1.82) is 0 Å². The van der Waals surface area contributed by atoms with Gasteiger partial charge >= 0.3 is 0 Å². The van der Waals surface area contributed by atoms with E-state index in [-0.39, 0.29) is 25.2 Å². The van der Waals surface area contributed by atoms with Gasteiger partial charge in [-0.3, -0.25) is 9.59 Å². The Morgan fingerprint density at radius 1 is 1.14 bits per heavy atom. The standard InChI is InChI=1S/C14H12N2O5/c17-13(6-15-14(18)9-3-4-19-7-9)16-10-1-2-11-12(5-10)21-8-20-11/h1-5,7H,6,8H2,(H,15,18)(H,16,17). The molecule has 0 fully saturated rings. The van der Waals surface area contributed by atoms with E-state index in [1.54, 1.807) is 18.2 Å². The fraction of sp³-hybridized carbons (Fsp3) is 0.143. The van der Waals surface area contributed by atoms with Crippen molar-refractivity contribution >= 4 is 17.5 Å². The number of amides is 2. The van der Waals surface area contributed by atoms with E-state index < -0.39 is 0 Å². The summed E-state index contributed by atoms with van der Waals surface area (Å²) in [5.74, 6) is 0.506. The van der Waals surface area contributed by atoms with E-state index in [0.717, 1.165) is 0 Å². The smallest absolute Gasteiger partial charge is 0.254 e. The number of anilines is 1. The van der Waals surface area contributed by atoms with Gasteiger partial charge in [-0.05, 0) is 18.2 Å². The molecule has 0 radical (unpaired) electrons. The summed E-state index contributed by atoms with van der Waals surface area (Å²) in [7, 11) is 0. The van der Waals surface area contributed by atoms with Gasteiger partial charge in [0.1, 0.15) is 6.26 Å².